The molecular formula is C15H23NO2. The molecule has 1 N–H and O–H groups in total. The highest BCUT2D eigenvalue weighted by Crippen LogP contribution is 2.40. The monoisotopic (exact) mass is 249 g/mol. The lowest BCUT2D eigenvalue weighted by molar-refractivity contribution is 0.152. The topological polar surface area (TPSA) is 30.5 Å². The van der Waals surface area contributed by atoms with E-state index in [4.69, 9.17) is 9.47 Å². The van der Waals surface area contributed by atoms with Crippen LogP contribution in [0.3, 0.4) is 0 Å². The van der Waals surface area contributed by atoms with Gasteiger partial charge in [0.1, 0.15) is 5.75 Å². The number of rotatable bonds is 6. The molecule has 3 nitrogen and oxygen atoms in total. The van der Waals surface area contributed by atoms with Crippen molar-refractivity contribution in [2.75, 3.05) is 20.8 Å². The van der Waals surface area contributed by atoms with Gasteiger partial charge in [-0.1, -0.05) is 18.2 Å². The molecule has 0 spiro atoms. The second kappa shape index (κ2) is 6.21. The number of para-hydroxylation sites is 1. The van der Waals surface area contributed by atoms with E-state index in [0.717, 1.165) is 12.4 Å². The summed E-state index contributed by atoms with van der Waals surface area (Å²) in [4.78, 5) is 0. The molecule has 0 aliphatic heterocycles. The highest BCUT2D eigenvalue weighted by atomic mass is 16.5. The number of hydrogen-bond donors (Lipinski definition) is 1. The number of ether oxygens (including phenoxy) is 2. The Morgan fingerprint density at radius 1 is 1.28 bits per heavy atom. The minimum atomic E-state index is 0.429. The van der Waals surface area contributed by atoms with E-state index in [1.165, 1.54) is 18.4 Å². The van der Waals surface area contributed by atoms with Crippen molar-refractivity contribution in [1.82, 2.24) is 5.32 Å². The summed E-state index contributed by atoms with van der Waals surface area (Å²) in [6.07, 6.45) is 2.38. The van der Waals surface area contributed by atoms with Crippen molar-refractivity contribution in [3.63, 3.8) is 0 Å². The molecule has 1 saturated carbocycles. The maximum atomic E-state index is 5.42. The van der Waals surface area contributed by atoms with Gasteiger partial charge in [-0.3, -0.25) is 0 Å². The van der Waals surface area contributed by atoms with E-state index < -0.39 is 0 Å². The first-order valence-corrected chi connectivity index (χ1v) is 6.62. The summed E-state index contributed by atoms with van der Waals surface area (Å²) >= 11 is 0. The van der Waals surface area contributed by atoms with Gasteiger partial charge in [0.2, 0.25) is 0 Å². The molecule has 2 rings (SSSR count). The van der Waals surface area contributed by atoms with Gasteiger partial charge < -0.3 is 14.8 Å². The van der Waals surface area contributed by atoms with Crippen molar-refractivity contribution in [2.24, 2.45) is 0 Å². The maximum absolute atomic E-state index is 5.42. The van der Waals surface area contributed by atoms with E-state index in [0.29, 0.717) is 18.0 Å². The Balaban J connectivity index is 1.85. The molecular weight excluding hydrogens is 226 g/mol. The molecule has 0 radical (unpaired) electrons. The normalized spacial score (nSPS) is 24.4. The van der Waals surface area contributed by atoms with Crippen molar-refractivity contribution >= 4 is 0 Å². The van der Waals surface area contributed by atoms with Gasteiger partial charge in [0.15, 0.2) is 0 Å². The average molecular weight is 249 g/mol. The fourth-order valence-corrected chi connectivity index (χ4v) is 2.71. The quantitative estimate of drug-likeness (QED) is 0.840. The van der Waals surface area contributed by atoms with Gasteiger partial charge in [-0.25, -0.2) is 0 Å². The minimum Gasteiger partial charge on any atom is -0.496 e. The second-order valence-electron chi connectivity index (χ2n) is 5.13. The van der Waals surface area contributed by atoms with Gasteiger partial charge in [0.05, 0.1) is 13.7 Å². The van der Waals surface area contributed by atoms with Gasteiger partial charge in [-0.05, 0) is 37.3 Å². The Kier molecular flexibility index (Phi) is 4.61. The standard InChI is InChI=1S/C15H23NO2/c1-11(10-17-2)16-13-8-12(9-13)14-6-4-5-7-15(14)18-3/h4-7,11-13,16H,8-10H2,1-3H3. The van der Waals surface area contributed by atoms with Crippen LogP contribution in [0, 0.1) is 0 Å². The van der Waals surface area contributed by atoms with E-state index in [2.05, 4.69) is 24.4 Å². The van der Waals surface area contributed by atoms with Crippen LogP contribution < -0.4 is 10.1 Å². The van der Waals surface area contributed by atoms with Gasteiger partial charge in [0, 0.05) is 19.2 Å². The molecule has 0 aromatic heterocycles. The number of nitrogens with one attached hydrogen (secondary N) is 1. The molecule has 3 heteroatoms. The third-order valence-corrected chi connectivity index (χ3v) is 3.65. The van der Waals surface area contributed by atoms with E-state index >= 15 is 0 Å². The zero-order valence-electron chi connectivity index (χ0n) is 11.5. The van der Waals surface area contributed by atoms with Crippen LogP contribution in [0.25, 0.3) is 0 Å². The fraction of sp³-hybridized carbons (Fsp3) is 0.600. The summed E-state index contributed by atoms with van der Waals surface area (Å²) in [5.41, 5.74) is 1.34. The largest absolute Gasteiger partial charge is 0.496 e. The van der Waals surface area contributed by atoms with Crippen LogP contribution in [0.5, 0.6) is 5.75 Å². The first-order chi connectivity index (χ1) is 8.74. The fourth-order valence-electron chi connectivity index (χ4n) is 2.71. The molecule has 1 fully saturated rings. The SMILES string of the molecule is COCC(C)NC1CC(c2ccccc2OC)C1. The Hall–Kier alpha value is -1.06. The van der Waals surface area contributed by atoms with Crippen LogP contribution in [-0.4, -0.2) is 32.9 Å². The maximum Gasteiger partial charge on any atom is 0.122 e. The predicted molar refractivity (Wildman–Crippen MR) is 73.2 cm³/mol. The van der Waals surface area contributed by atoms with E-state index in [1.807, 2.05) is 12.1 Å². The summed E-state index contributed by atoms with van der Waals surface area (Å²) in [7, 11) is 3.49. The summed E-state index contributed by atoms with van der Waals surface area (Å²) < 4.78 is 10.6. The van der Waals surface area contributed by atoms with Crippen molar-refractivity contribution in [3.05, 3.63) is 29.8 Å². The van der Waals surface area contributed by atoms with Crippen LogP contribution in [0.2, 0.25) is 0 Å². The molecule has 1 aromatic rings. The predicted octanol–water partition coefficient (Wildman–Crippen LogP) is 2.57. The molecule has 0 saturated heterocycles. The molecule has 1 aromatic carbocycles. The molecule has 100 valence electrons. The highest BCUT2D eigenvalue weighted by Gasteiger charge is 2.32. The molecule has 1 atom stereocenters. The van der Waals surface area contributed by atoms with Gasteiger partial charge in [-0.2, -0.15) is 0 Å². The Labute approximate surface area is 109 Å². The van der Waals surface area contributed by atoms with Crippen LogP contribution in [-0.2, 0) is 4.74 Å². The van der Waals surface area contributed by atoms with Crippen LogP contribution in [0.1, 0.15) is 31.2 Å². The number of benzene rings is 1. The molecule has 0 heterocycles. The van der Waals surface area contributed by atoms with E-state index in [1.54, 1.807) is 14.2 Å². The van der Waals surface area contributed by atoms with Crippen molar-refractivity contribution in [2.45, 2.75) is 37.8 Å². The van der Waals surface area contributed by atoms with Crippen LogP contribution >= 0.6 is 0 Å². The Bertz CT molecular complexity index is 375. The van der Waals surface area contributed by atoms with Crippen LogP contribution in [0.15, 0.2) is 24.3 Å². The second-order valence-corrected chi connectivity index (χ2v) is 5.13. The van der Waals surface area contributed by atoms with Crippen molar-refractivity contribution in [1.29, 1.82) is 0 Å². The molecule has 0 bridgehead atoms. The van der Waals surface area contributed by atoms with Gasteiger partial charge in [0.25, 0.3) is 0 Å². The Morgan fingerprint density at radius 2 is 2.00 bits per heavy atom. The molecule has 1 unspecified atom stereocenters. The van der Waals surface area contributed by atoms with Gasteiger partial charge in [-0.15, -0.1) is 0 Å². The number of hydrogen-bond acceptors (Lipinski definition) is 3. The molecule has 0 amide bonds. The third-order valence-electron chi connectivity index (χ3n) is 3.65. The lowest BCUT2D eigenvalue weighted by Crippen LogP contribution is -2.46. The van der Waals surface area contributed by atoms with Crippen LogP contribution in [0.4, 0.5) is 0 Å². The molecule has 1 aliphatic rings. The van der Waals surface area contributed by atoms with E-state index in [9.17, 15) is 0 Å². The highest BCUT2D eigenvalue weighted by molar-refractivity contribution is 5.37. The lowest BCUT2D eigenvalue weighted by Gasteiger charge is -2.38. The third kappa shape index (κ3) is 3.03. The summed E-state index contributed by atoms with van der Waals surface area (Å²) in [5, 5.41) is 3.59. The summed E-state index contributed by atoms with van der Waals surface area (Å²) in [6, 6.07) is 9.38. The molecule has 1 aliphatic carbocycles. The zero-order chi connectivity index (χ0) is 13.0. The van der Waals surface area contributed by atoms with E-state index in [-0.39, 0.29) is 0 Å². The van der Waals surface area contributed by atoms with Crippen molar-refractivity contribution in [3.8, 4) is 5.75 Å². The van der Waals surface area contributed by atoms with Crippen molar-refractivity contribution < 1.29 is 9.47 Å². The Morgan fingerprint density at radius 3 is 2.67 bits per heavy atom. The summed E-state index contributed by atoms with van der Waals surface area (Å²) in [6.45, 7) is 2.94. The lowest BCUT2D eigenvalue weighted by atomic mass is 9.75. The zero-order valence-corrected chi connectivity index (χ0v) is 11.5. The smallest absolute Gasteiger partial charge is 0.122 e. The van der Waals surface area contributed by atoms with Gasteiger partial charge >= 0.3 is 0 Å². The number of methoxy groups -OCH3 is 2. The minimum absolute atomic E-state index is 0.429. The average Bonchev–Trinajstić information content (AvgIpc) is 2.33. The molecule has 18 heavy (non-hydrogen) atoms. The first kappa shape index (κ1) is 13.4. The first-order valence-electron chi connectivity index (χ1n) is 6.62. The summed E-state index contributed by atoms with van der Waals surface area (Å²) in [5.74, 6) is 1.65.